The van der Waals surface area contributed by atoms with Gasteiger partial charge in [-0.1, -0.05) is 175 Å². The summed E-state index contributed by atoms with van der Waals surface area (Å²) in [5.74, 6) is 0. The topological polar surface area (TPSA) is 0 Å². The molecular weight excluding hydrogens is 601 g/mol. The van der Waals surface area contributed by atoms with Crippen LogP contribution in [0.5, 0.6) is 0 Å². The highest BCUT2D eigenvalue weighted by molar-refractivity contribution is 6.22. The van der Waals surface area contributed by atoms with E-state index in [0.29, 0.717) is 10.8 Å². The average molecular weight is 658 g/mol. The summed E-state index contributed by atoms with van der Waals surface area (Å²) in [7, 11) is 0. The molecule has 0 heteroatoms. The second-order valence-corrected chi connectivity index (χ2v) is 11.3. The molecule has 0 nitrogen and oxygen atoms in total. The van der Waals surface area contributed by atoms with Crippen LogP contribution in [0.4, 0.5) is 0 Å². The van der Waals surface area contributed by atoms with Crippen LogP contribution in [0, 0.1) is 0 Å². The maximum atomic E-state index is 10.3. The van der Waals surface area contributed by atoms with Gasteiger partial charge in [0.2, 0.25) is 0 Å². The zero-order valence-electron chi connectivity index (χ0n) is 50.5. The van der Waals surface area contributed by atoms with Gasteiger partial charge < -0.3 is 0 Å². The van der Waals surface area contributed by atoms with E-state index in [1.807, 2.05) is 0 Å². The fourth-order valence-electron chi connectivity index (χ4n) is 6.30. The molecule has 0 aromatic heterocycles. The molecule has 0 atom stereocenters. The first kappa shape index (κ1) is 13.1. The van der Waals surface area contributed by atoms with Crippen LogP contribution in [0.3, 0.4) is 0 Å². The normalized spacial score (nSPS) is 18.6. The minimum atomic E-state index is -1.05. The van der Waals surface area contributed by atoms with Crippen molar-refractivity contribution in [1.82, 2.24) is 0 Å². The first-order valence-corrected chi connectivity index (χ1v) is 15.3. The van der Waals surface area contributed by atoms with Crippen LogP contribution in [0.15, 0.2) is 194 Å². The molecule has 0 unspecified atom stereocenters. The molecule has 0 N–H and O–H groups in total. The zero-order chi connectivity index (χ0) is 54.8. The Morgan fingerprint density at radius 2 is 0.880 bits per heavy atom. The number of hydrogen-bond donors (Lipinski definition) is 0. The summed E-state index contributed by atoms with van der Waals surface area (Å²) in [6, 6.07) is -10.6. The summed E-state index contributed by atoms with van der Waals surface area (Å²) in [6.07, 6.45) is 0. The summed E-state index contributed by atoms with van der Waals surface area (Å²) in [4.78, 5) is 0. The molecule has 232 valence electrons. The van der Waals surface area contributed by atoms with E-state index in [2.05, 4.69) is 0 Å². The van der Waals surface area contributed by atoms with Gasteiger partial charge in [-0.2, -0.15) is 0 Å². The number of benzene rings is 10. The monoisotopic (exact) mass is 657 g/mol. The molecule has 50 heavy (non-hydrogen) atoms. The predicted octanol–water partition coefficient (Wildman–Crippen LogP) is 14.1. The van der Waals surface area contributed by atoms with Crippen molar-refractivity contribution in [3.63, 3.8) is 0 Å². The number of fused-ring (bicyclic) bond motifs is 5. The minimum Gasteiger partial charge on any atom is -0.0616 e. The molecule has 0 bridgehead atoms. The van der Waals surface area contributed by atoms with Crippen LogP contribution in [0.25, 0.3) is 98.4 Å². The maximum absolute atomic E-state index is 10.3. The summed E-state index contributed by atoms with van der Waals surface area (Å²) in [5, 5.41) is -4.21. The summed E-state index contributed by atoms with van der Waals surface area (Å²) in [5.41, 5.74) is -4.48. The smallest absolute Gasteiger partial charge is 0.0616 e. The van der Waals surface area contributed by atoms with Crippen LogP contribution in [-0.2, 0) is 0 Å². The highest BCUT2D eigenvalue weighted by Crippen LogP contribution is 2.46. The van der Waals surface area contributed by atoms with Gasteiger partial charge in [0, 0.05) is 0 Å². The Hall–Kier alpha value is -6.50. The molecular formula is C50H32. The second-order valence-electron chi connectivity index (χ2n) is 11.3. The lowest BCUT2D eigenvalue weighted by Gasteiger charge is -2.20. The fraction of sp³-hybridized carbons (Fsp3) is 0. The standard InChI is InChI=1S/C50H32/c1-2-15-36-30-40(27-26-33(36)12-1)49-45-22-7-8-23-46(45)50(39-19-9-18-37(31-39)43-24-10-16-34-13-3-5-20-41(34)43)48-32-38(28-29-47(48)49)44-25-11-17-35-14-4-6-21-42(35)44/h1-32H/i1D,2D,4D,6D,7D,8D,9D,11D,12D,14D,15D,17D,18D,19D,21D,22D,23D,25D,26D,27D,28D,29D,30D,31D,32D. The van der Waals surface area contributed by atoms with Gasteiger partial charge in [-0.15, -0.1) is 0 Å². The molecule has 10 rings (SSSR count). The van der Waals surface area contributed by atoms with Gasteiger partial charge in [-0.3, -0.25) is 0 Å². The molecule has 0 aliphatic rings. The van der Waals surface area contributed by atoms with Gasteiger partial charge in [-0.25, -0.2) is 0 Å². The molecule has 0 heterocycles. The van der Waals surface area contributed by atoms with E-state index in [4.69, 9.17) is 16.4 Å². The van der Waals surface area contributed by atoms with Crippen LogP contribution >= 0.6 is 0 Å². The average Bonchev–Trinajstić information content (AvgIpc) is 3.39. The number of rotatable bonds is 4. The van der Waals surface area contributed by atoms with E-state index in [9.17, 15) is 17.8 Å². The first-order chi connectivity index (χ1) is 35.2. The molecule has 0 radical (unpaired) electrons. The molecule has 0 saturated carbocycles. The molecule has 0 aliphatic heterocycles. The summed E-state index contributed by atoms with van der Waals surface area (Å²) in [6.45, 7) is 0. The molecule has 0 aliphatic carbocycles. The lowest BCUT2D eigenvalue weighted by molar-refractivity contribution is 1.63. The molecule has 10 aromatic carbocycles. The van der Waals surface area contributed by atoms with E-state index >= 15 is 0 Å². The van der Waals surface area contributed by atoms with Crippen molar-refractivity contribution in [2.75, 3.05) is 0 Å². The highest BCUT2D eigenvalue weighted by Gasteiger charge is 2.19. The van der Waals surface area contributed by atoms with E-state index in [1.54, 1.807) is 42.5 Å². The third-order valence-corrected chi connectivity index (χ3v) is 8.50. The van der Waals surface area contributed by atoms with Gasteiger partial charge in [-0.05, 0) is 116 Å². The number of hydrogen-bond acceptors (Lipinski definition) is 0. The van der Waals surface area contributed by atoms with Gasteiger partial charge in [0.15, 0.2) is 0 Å². The Balaban J connectivity index is 1.58. The van der Waals surface area contributed by atoms with E-state index in [0.717, 1.165) is 0 Å². The minimum absolute atomic E-state index is 0.200. The highest BCUT2D eigenvalue weighted by atomic mass is 14.2. The molecule has 0 spiro atoms. The van der Waals surface area contributed by atoms with Crippen molar-refractivity contribution in [3.8, 4) is 44.5 Å². The van der Waals surface area contributed by atoms with Gasteiger partial charge >= 0.3 is 0 Å². The van der Waals surface area contributed by atoms with Crippen molar-refractivity contribution >= 4 is 53.9 Å². The van der Waals surface area contributed by atoms with Crippen molar-refractivity contribution in [1.29, 1.82) is 0 Å². The third kappa shape index (κ3) is 4.61. The van der Waals surface area contributed by atoms with Crippen LogP contribution < -0.4 is 0 Å². The van der Waals surface area contributed by atoms with Crippen LogP contribution in [0.1, 0.15) is 34.3 Å². The first-order valence-electron chi connectivity index (χ1n) is 27.8. The Morgan fingerprint density at radius 3 is 1.76 bits per heavy atom. The van der Waals surface area contributed by atoms with E-state index in [1.165, 1.54) is 0 Å². The van der Waals surface area contributed by atoms with Gasteiger partial charge in [0.25, 0.3) is 0 Å². The van der Waals surface area contributed by atoms with Crippen LogP contribution in [0.2, 0.25) is 0 Å². The molecule has 10 aromatic rings. The summed E-state index contributed by atoms with van der Waals surface area (Å²) >= 11 is 0. The maximum Gasteiger partial charge on any atom is 0.0636 e. The largest absolute Gasteiger partial charge is 0.0636 e. The second kappa shape index (κ2) is 11.6. The Morgan fingerprint density at radius 1 is 0.280 bits per heavy atom. The quantitative estimate of drug-likeness (QED) is 0.165. The lowest BCUT2D eigenvalue weighted by atomic mass is 9.83. The predicted molar refractivity (Wildman–Crippen MR) is 216 cm³/mol. The van der Waals surface area contributed by atoms with Crippen molar-refractivity contribution in [3.05, 3.63) is 194 Å². The van der Waals surface area contributed by atoms with Crippen molar-refractivity contribution in [2.24, 2.45) is 0 Å². The SMILES string of the molecule is [2H]c1c([2H])c(-c2cccc3ccccc23)c([2H])c(-c2c3c([2H])c([2H])c([2H])c([2H])c3c(-c3c([2H])c([2H])c4c([2H])c([2H])c([2H])c([2H])c4c3[2H])c3c([2H])c([2H])c(-c4c([2H])c([2H])c([2H])c5c([2H])c([2H])c([2H])c([2H])c45)c([2H])c23)c1[2H]. The van der Waals surface area contributed by atoms with Gasteiger partial charge in [0.1, 0.15) is 0 Å². The zero-order valence-corrected chi connectivity index (χ0v) is 25.5. The van der Waals surface area contributed by atoms with E-state index < -0.39 is 228 Å². The summed E-state index contributed by atoms with van der Waals surface area (Å²) < 4.78 is 230. The fourth-order valence-corrected chi connectivity index (χ4v) is 6.30. The third-order valence-electron chi connectivity index (χ3n) is 8.50. The van der Waals surface area contributed by atoms with E-state index in [-0.39, 0.29) is 11.1 Å². The van der Waals surface area contributed by atoms with Crippen molar-refractivity contribution in [2.45, 2.75) is 0 Å². The Kier molecular flexibility index (Phi) is 3.03. The lowest BCUT2D eigenvalue weighted by Crippen LogP contribution is -1.92. The molecule has 0 saturated heterocycles. The molecule has 0 amide bonds. The van der Waals surface area contributed by atoms with Crippen LogP contribution in [-0.4, -0.2) is 0 Å². The molecule has 0 fully saturated rings. The Labute approximate surface area is 326 Å². The van der Waals surface area contributed by atoms with Gasteiger partial charge in [0.05, 0.1) is 34.3 Å². The van der Waals surface area contributed by atoms with Crippen molar-refractivity contribution < 1.29 is 34.3 Å². The Bertz CT molecular complexity index is 4340.